The molecule has 1 amide bonds. The van der Waals surface area contributed by atoms with Crippen LogP contribution in [-0.4, -0.2) is 44.6 Å². The number of amides is 1. The number of carbonyl (C=O) groups excluding carboxylic acids is 1. The van der Waals surface area contributed by atoms with Crippen molar-refractivity contribution in [3.05, 3.63) is 28.8 Å². The predicted octanol–water partition coefficient (Wildman–Crippen LogP) is 4.08. The SMILES string of the molecule is CC(COc1ccc(C(=O)N(C)C)c(Cl)c1)CC(C)C1CCNCC1. The number of rotatable bonds is 7. The molecule has 1 aromatic carbocycles. The fraction of sp³-hybridized carbons (Fsp3) is 0.650. The van der Waals surface area contributed by atoms with E-state index in [4.69, 9.17) is 16.3 Å². The number of carbonyl (C=O) groups is 1. The Hall–Kier alpha value is -1.26. The van der Waals surface area contributed by atoms with Gasteiger partial charge >= 0.3 is 0 Å². The lowest BCUT2D eigenvalue weighted by atomic mass is 9.81. The Morgan fingerprint density at radius 1 is 1.32 bits per heavy atom. The summed E-state index contributed by atoms with van der Waals surface area (Å²) >= 11 is 6.24. The smallest absolute Gasteiger partial charge is 0.254 e. The van der Waals surface area contributed by atoms with Crippen LogP contribution in [-0.2, 0) is 0 Å². The van der Waals surface area contributed by atoms with Crippen LogP contribution in [0.2, 0.25) is 5.02 Å². The van der Waals surface area contributed by atoms with Crippen molar-refractivity contribution in [2.75, 3.05) is 33.8 Å². The van der Waals surface area contributed by atoms with Crippen molar-refractivity contribution in [2.45, 2.75) is 33.1 Å². The summed E-state index contributed by atoms with van der Waals surface area (Å²) in [6.07, 6.45) is 3.74. The Kier molecular flexibility index (Phi) is 7.57. The minimum absolute atomic E-state index is 0.0966. The molecule has 5 heteroatoms. The molecular formula is C20H31ClN2O2. The van der Waals surface area contributed by atoms with Crippen molar-refractivity contribution in [3.63, 3.8) is 0 Å². The van der Waals surface area contributed by atoms with Crippen LogP contribution in [0.5, 0.6) is 5.75 Å². The Balaban J connectivity index is 1.83. The number of halogens is 1. The van der Waals surface area contributed by atoms with Gasteiger partial charge in [-0.3, -0.25) is 4.79 Å². The van der Waals surface area contributed by atoms with E-state index in [1.54, 1.807) is 26.2 Å². The minimum atomic E-state index is -0.0966. The molecule has 0 bridgehead atoms. The first-order valence-corrected chi connectivity index (χ1v) is 9.61. The normalized spacial score (nSPS) is 17.8. The molecule has 0 aliphatic carbocycles. The van der Waals surface area contributed by atoms with E-state index < -0.39 is 0 Å². The standard InChI is InChI=1S/C20H31ClN2O2/c1-14(11-15(2)16-7-9-22-10-8-16)13-25-17-5-6-18(19(21)12-17)20(24)23(3)4/h5-6,12,14-16,22H,7-11,13H2,1-4H3. The van der Waals surface area contributed by atoms with Crippen LogP contribution in [0, 0.1) is 17.8 Å². The van der Waals surface area contributed by atoms with E-state index in [9.17, 15) is 4.79 Å². The molecule has 140 valence electrons. The highest BCUT2D eigenvalue weighted by Crippen LogP contribution is 2.28. The van der Waals surface area contributed by atoms with Gasteiger partial charge < -0.3 is 15.0 Å². The van der Waals surface area contributed by atoms with Crippen molar-refractivity contribution in [3.8, 4) is 5.75 Å². The highest BCUT2D eigenvalue weighted by molar-refractivity contribution is 6.34. The third-order valence-corrected chi connectivity index (χ3v) is 5.39. The molecule has 4 nitrogen and oxygen atoms in total. The van der Waals surface area contributed by atoms with Gasteiger partial charge in [0.1, 0.15) is 5.75 Å². The monoisotopic (exact) mass is 366 g/mol. The van der Waals surface area contributed by atoms with Crippen molar-refractivity contribution < 1.29 is 9.53 Å². The maximum absolute atomic E-state index is 12.0. The Labute approximate surface area is 156 Å². The van der Waals surface area contributed by atoms with Gasteiger partial charge in [0.25, 0.3) is 5.91 Å². The van der Waals surface area contributed by atoms with Gasteiger partial charge in [-0.1, -0.05) is 25.4 Å². The molecule has 1 aliphatic rings. The van der Waals surface area contributed by atoms with Gasteiger partial charge in [-0.2, -0.15) is 0 Å². The first-order valence-electron chi connectivity index (χ1n) is 9.23. The second kappa shape index (κ2) is 9.44. The lowest BCUT2D eigenvalue weighted by Crippen LogP contribution is -2.31. The summed E-state index contributed by atoms with van der Waals surface area (Å²) in [4.78, 5) is 13.5. The summed E-state index contributed by atoms with van der Waals surface area (Å²) in [5.41, 5.74) is 0.506. The molecule has 25 heavy (non-hydrogen) atoms. The van der Waals surface area contributed by atoms with Crippen LogP contribution in [0.25, 0.3) is 0 Å². The quantitative estimate of drug-likeness (QED) is 0.790. The van der Waals surface area contributed by atoms with E-state index >= 15 is 0 Å². The topological polar surface area (TPSA) is 41.6 Å². The van der Waals surface area contributed by atoms with Gasteiger partial charge in [-0.25, -0.2) is 0 Å². The van der Waals surface area contributed by atoms with Gasteiger partial charge in [-0.05, 0) is 68.3 Å². The van der Waals surface area contributed by atoms with Crippen molar-refractivity contribution in [1.29, 1.82) is 0 Å². The zero-order valence-corrected chi connectivity index (χ0v) is 16.6. The Morgan fingerprint density at radius 2 is 2.00 bits per heavy atom. The van der Waals surface area contributed by atoms with Crippen molar-refractivity contribution >= 4 is 17.5 Å². The molecule has 2 atom stereocenters. The molecule has 0 radical (unpaired) electrons. The largest absolute Gasteiger partial charge is 0.493 e. The summed E-state index contributed by atoms with van der Waals surface area (Å²) in [6, 6.07) is 5.30. The van der Waals surface area contributed by atoms with E-state index in [0.29, 0.717) is 23.1 Å². The van der Waals surface area contributed by atoms with Crippen LogP contribution < -0.4 is 10.1 Å². The molecule has 2 unspecified atom stereocenters. The van der Waals surface area contributed by atoms with E-state index in [0.717, 1.165) is 30.7 Å². The molecule has 1 saturated heterocycles. The minimum Gasteiger partial charge on any atom is -0.493 e. The Bertz CT molecular complexity index is 571. The fourth-order valence-corrected chi connectivity index (χ4v) is 3.80. The highest BCUT2D eigenvalue weighted by Gasteiger charge is 2.21. The van der Waals surface area contributed by atoms with E-state index in [2.05, 4.69) is 19.2 Å². The molecule has 1 aromatic rings. The number of hydrogen-bond acceptors (Lipinski definition) is 3. The number of nitrogens with zero attached hydrogens (tertiary/aromatic N) is 1. The number of benzene rings is 1. The van der Waals surface area contributed by atoms with Gasteiger partial charge in [0, 0.05) is 14.1 Å². The first-order chi connectivity index (χ1) is 11.9. The average Bonchev–Trinajstić information content (AvgIpc) is 2.60. The van der Waals surface area contributed by atoms with Gasteiger partial charge in [0.15, 0.2) is 0 Å². The second-order valence-electron chi connectivity index (χ2n) is 7.56. The van der Waals surface area contributed by atoms with Gasteiger partial charge in [0.05, 0.1) is 17.2 Å². The number of nitrogens with one attached hydrogen (secondary N) is 1. The average molecular weight is 367 g/mol. The molecule has 1 heterocycles. The third kappa shape index (κ3) is 5.89. The van der Waals surface area contributed by atoms with Crippen molar-refractivity contribution in [2.24, 2.45) is 17.8 Å². The van der Waals surface area contributed by atoms with Crippen LogP contribution in [0.1, 0.15) is 43.5 Å². The first kappa shape index (κ1) is 20.1. The van der Waals surface area contributed by atoms with Crippen molar-refractivity contribution in [1.82, 2.24) is 10.2 Å². The summed E-state index contributed by atoms with van der Waals surface area (Å²) in [5, 5.41) is 3.87. The molecule has 0 saturated carbocycles. The maximum atomic E-state index is 12.0. The summed E-state index contributed by atoms with van der Waals surface area (Å²) < 4.78 is 5.91. The lowest BCUT2D eigenvalue weighted by Gasteiger charge is -2.30. The van der Waals surface area contributed by atoms with E-state index in [1.807, 2.05) is 6.07 Å². The predicted molar refractivity (Wildman–Crippen MR) is 104 cm³/mol. The fourth-order valence-electron chi connectivity index (χ4n) is 3.55. The van der Waals surface area contributed by atoms with Crippen LogP contribution in [0.15, 0.2) is 18.2 Å². The zero-order valence-electron chi connectivity index (χ0n) is 15.8. The number of ether oxygens (including phenoxy) is 1. The maximum Gasteiger partial charge on any atom is 0.254 e. The summed E-state index contributed by atoms with van der Waals surface area (Å²) in [6.45, 7) is 7.58. The Morgan fingerprint density at radius 3 is 2.60 bits per heavy atom. The van der Waals surface area contributed by atoms with E-state index in [-0.39, 0.29) is 5.91 Å². The van der Waals surface area contributed by atoms with Crippen LogP contribution >= 0.6 is 11.6 Å². The molecule has 0 aromatic heterocycles. The van der Waals surface area contributed by atoms with Crippen LogP contribution in [0.4, 0.5) is 0 Å². The molecular weight excluding hydrogens is 336 g/mol. The van der Waals surface area contributed by atoms with E-state index in [1.165, 1.54) is 24.2 Å². The molecule has 0 spiro atoms. The van der Waals surface area contributed by atoms with Gasteiger partial charge in [-0.15, -0.1) is 0 Å². The lowest BCUT2D eigenvalue weighted by molar-refractivity contribution is 0.0827. The summed E-state index contributed by atoms with van der Waals surface area (Å²) in [5.74, 6) is 2.67. The highest BCUT2D eigenvalue weighted by atomic mass is 35.5. The molecule has 2 rings (SSSR count). The molecule has 1 N–H and O–H groups in total. The number of piperidine rings is 1. The van der Waals surface area contributed by atoms with Gasteiger partial charge in [0.2, 0.25) is 0 Å². The van der Waals surface area contributed by atoms with Crippen LogP contribution in [0.3, 0.4) is 0 Å². The zero-order chi connectivity index (χ0) is 18.4. The second-order valence-corrected chi connectivity index (χ2v) is 7.97. The molecule has 1 aliphatic heterocycles. The summed E-state index contributed by atoms with van der Waals surface area (Å²) in [7, 11) is 3.43. The molecule has 1 fully saturated rings. The number of hydrogen-bond donors (Lipinski definition) is 1. The third-order valence-electron chi connectivity index (χ3n) is 5.07.